The summed E-state index contributed by atoms with van der Waals surface area (Å²) in [6.45, 7) is 4.69. The fraction of sp³-hybridized carbons (Fsp3) is 0.0588. The topological polar surface area (TPSA) is 38.9 Å². The number of para-hydroxylation sites is 2. The molecular weight excluding hydrogens is 657 g/mol. The highest BCUT2D eigenvalue weighted by molar-refractivity contribution is 6.13. The molecule has 1 aliphatic rings. The molecule has 2 aromatic heterocycles. The Kier molecular flexibility index (Phi) is 6.60. The largest absolute Gasteiger partial charge is 0.455 e. The van der Waals surface area contributed by atoms with Gasteiger partial charge in [0.05, 0.1) is 11.4 Å². The Morgan fingerprint density at radius 2 is 1.04 bits per heavy atom. The van der Waals surface area contributed by atoms with Gasteiger partial charge in [0.2, 0.25) is 0 Å². The summed E-state index contributed by atoms with van der Waals surface area (Å²) in [5.74, 6) is 0.705. The molecule has 10 aromatic rings. The first-order valence-electron chi connectivity index (χ1n) is 18.6. The van der Waals surface area contributed by atoms with Crippen molar-refractivity contribution >= 4 is 43.5 Å². The third-order valence-electron chi connectivity index (χ3n) is 11.5. The van der Waals surface area contributed by atoms with E-state index in [0.29, 0.717) is 5.82 Å². The monoisotopic (exact) mass is 690 g/mol. The summed E-state index contributed by atoms with van der Waals surface area (Å²) < 4.78 is 6.51. The smallest absolute Gasteiger partial charge is 0.160 e. The van der Waals surface area contributed by atoms with Crippen LogP contribution < -0.4 is 0 Å². The fourth-order valence-electron chi connectivity index (χ4n) is 8.84. The second-order valence-electron chi connectivity index (χ2n) is 14.9. The molecule has 0 fully saturated rings. The molecule has 0 N–H and O–H groups in total. The molecule has 0 spiro atoms. The second-order valence-corrected chi connectivity index (χ2v) is 14.9. The summed E-state index contributed by atoms with van der Waals surface area (Å²) >= 11 is 0. The highest BCUT2D eigenvalue weighted by Crippen LogP contribution is 2.53. The summed E-state index contributed by atoms with van der Waals surface area (Å²) in [5.41, 5.74) is 14.0. The molecule has 0 unspecified atom stereocenters. The number of hydrogen-bond donors (Lipinski definition) is 0. The Morgan fingerprint density at radius 3 is 1.85 bits per heavy atom. The third-order valence-corrected chi connectivity index (χ3v) is 11.5. The molecule has 0 radical (unpaired) electrons. The number of hydrogen-bond acceptors (Lipinski definition) is 3. The van der Waals surface area contributed by atoms with E-state index in [0.717, 1.165) is 71.9 Å². The molecule has 1 aliphatic carbocycles. The molecule has 0 saturated heterocycles. The highest BCUT2D eigenvalue weighted by atomic mass is 16.3. The van der Waals surface area contributed by atoms with E-state index in [4.69, 9.17) is 14.4 Å². The van der Waals surface area contributed by atoms with Gasteiger partial charge in [-0.25, -0.2) is 9.97 Å². The van der Waals surface area contributed by atoms with Crippen molar-refractivity contribution in [3.63, 3.8) is 0 Å². The zero-order valence-corrected chi connectivity index (χ0v) is 30.0. The number of nitrogens with zero attached hydrogens (tertiary/aromatic N) is 2. The summed E-state index contributed by atoms with van der Waals surface area (Å²) in [5, 5.41) is 7.03. The molecule has 8 aromatic carbocycles. The fourth-order valence-corrected chi connectivity index (χ4v) is 8.84. The summed E-state index contributed by atoms with van der Waals surface area (Å²) in [4.78, 5) is 10.6. The van der Waals surface area contributed by atoms with Crippen molar-refractivity contribution in [3.05, 3.63) is 181 Å². The van der Waals surface area contributed by atoms with Gasteiger partial charge in [-0.05, 0) is 73.6 Å². The number of benzene rings is 8. The first-order valence-corrected chi connectivity index (χ1v) is 18.6. The molecule has 0 saturated carbocycles. The summed E-state index contributed by atoms with van der Waals surface area (Å²) in [6, 6.07) is 60.5. The maximum absolute atomic E-state index is 6.51. The van der Waals surface area contributed by atoms with Crippen molar-refractivity contribution < 1.29 is 4.42 Å². The van der Waals surface area contributed by atoms with E-state index < -0.39 is 0 Å². The van der Waals surface area contributed by atoms with Gasteiger partial charge in [-0.2, -0.15) is 0 Å². The first-order chi connectivity index (χ1) is 26.5. The molecule has 54 heavy (non-hydrogen) atoms. The van der Waals surface area contributed by atoms with E-state index in [9.17, 15) is 0 Å². The SMILES string of the molecule is CC1(C)c2cc3ccccc3cc2-c2c(-c3cc(-c4ccc(-c5cccc6c5oc5ccccc56)c5ccccc45)nc(-c4ccccc4)n3)cccc21. The molecule has 254 valence electrons. The van der Waals surface area contributed by atoms with Crippen LogP contribution in [0, 0.1) is 0 Å². The van der Waals surface area contributed by atoms with Crippen LogP contribution in [0.1, 0.15) is 25.0 Å². The first kappa shape index (κ1) is 30.8. The van der Waals surface area contributed by atoms with Crippen LogP contribution in [-0.2, 0) is 5.41 Å². The lowest BCUT2D eigenvalue weighted by Gasteiger charge is -2.22. The van der Waals surface area contributed by atoms with Gasteiger partial charge < -0.3 is 4.42 Å². The Hall–Kier alpha value is -6.84. The molecule has 0 amide bonds. The van der Waals surface area contributed by atoms with Crippen molar-refractivity contribution in [3.8, 4) is 56.2 Å². The third kappa shape index (κ3) is 4.55. The average molecular weight is 691 g/mol. The Morgan fingerprint density at radius 1 is 0.426 bits per heavy atom. The van der Waals surface area contributed by atoms with Gasteiger partial charge in [-0.1, -0.05) is 159 Å². The number of furan rings is 1. The van der Waals surface area contributed by atoms with Gasteiger partial charge in [0.25, 0.3) is 0 Å². The van der Waals surface area contributed by atoms with Crippen molar-refractivity contribution in [1.82, 2.24) is 9.97 Å². The van der Waals surface area contributed by atoms with E-state index >= 15 is 0 Å². The average Bonchev–Trinajstić information content (AvgIpc) is 3.71. The van der Waals surface area contributed by atoms with E-state index in [2.05, 4.69) is 166 Å². The minimum absolute atomic E-state index is 0.155. The van der Waals surface area contributed by atoms with Gasteiger partial charge in [-0.15, -0.1) is 0 Å². The quantitative estimate of drug-likeness (QED) is 0.184. The standard InChI is InChI=1S/C51H34N2O/c1-51(2)43-24-13-23-41(48(43)42-28-32-16-6-7-17-33(32)29-44(42)51)46-30-45(52-50(53-46)31-14-4-3-5-15-31)37-27-26-36(34-18-8-9-19-35(34)37)39-21-12-22-40-38-20-10-11-25-47(38)54-49(39)40/h3-30H,1-2H3. The molecule has 0 aliphatic heterocycles. The molecule has 2 heterocycles. The highest BCUT2D eigenvalue weighted by Gasteiger charge is 2.37. The minimum Gasteiger partial charge on any atom is -0.455 e. The van der Waals surface area contributed by atoms with Crippen LogP contribution in [0.15, 0.2) is 174 Å². The van der Waals surface area contributed by atoms with Gasteiger partial charge in [-0.3, -0.25) is 0 Å². The normalized spacial score (nSPS) is 13.1. The number of rotatable bonds is 4. The molecule has 11 rings (SSSR count). The van der Waals surface area contributed by atoms with E-state index in [1.165, 1.54) is 33.0 Å². The lowest BCUT2D eigenvalue weighted by molar-refractivity contribution is 0.661. The van der Waals surface area contributed by atoms with Crippen LogP contribution in [-0.4, -0.2) is 9.97 Å². The molecule has 3 nitrogen and oxygen atoms in total. The summed E-state index contributed by atoms with van der Waals surface area (Å²) in [7, 11) is 0. The maximum atomic E-state index is 6.51. The molecule has 3 heteroatoms. The van der Waals surface area contributed by atoms with Crippen molar-refractivity contribution in [2.45, 2.75) is 19.3 Å². The molecule has 0 bridgehead atoms. The van der Waals surface area contributed by atoms with E-state index in [1.54, 1.807) is 0 Å². The minimum atomic E-state index is -0.155. The van der Waals surface area contributed by atoms with Gasteiger partial charge in [0.1, 0.15) is 11.2 Å². The Bertz CT molecular complexity index is 3130. The molecule has 0 atom stereocenters. The van der Waals surface area contributed by atoms with Crippen LogP contribution in [0.2, 0.25) is 0 Å². The summed E-state index contributed by atoms with van der Waals surface area (Å²) in [6.07, 6.45) is 0. The zero-order valence-electron chi connectivity index (χ0n) is 30.0. The predicted octanol–water partition coefficient (Wildman–Crippen LogP) is 13.7. The van der Waals surface area contributed by atoms with E-state index in [1.807, 2.05) is 18.2 Å². The van der Waals surface area contributed by atoms with Crippen molar-refractivity contribution in [2.75, 3.05) is 0 Å². The Balaban J connectivity index is 1.15. The maximum Gasteiger partial charge on any atom is 0.160 e. The van der Waals surface area contributed by atoms with Gasteiger partial charge >= 0.3 is 0 Å². The van der Waals surface area contributed by atoms with Crippen LogP contribution in [0.3, 0.4) is 0 Å². The number of fused-ring (bicyclic) bond motifs is 8. The van der Waals surface area contributed by atoms with Crippen LogP contribution in [0.25, 0.3) is 99.6 Å². The van der Waals surface area contributed by atoms with Crippen molar-refractivity contribution in [1.29, 1.82) is 0 Å². The van der Waals surface area contributed by atoms with Crippen LogP contribution in [0.5, 0.6) is 0 Å². The van der Waals surface area contributed by atoms with Gasteiger partial charge in [0, 0.05) is 38.4 Å². The van der Waals surface area contributed by atoms with Crippen molar-refractivity contribution in [2.24, 2.45) is 0 Å². The van der Waals surface area contributed by atoms with Crippen LogP contribution in [0.4, 0.5) is 0 Å². The zero-order chi connectivity index (χ0) is 36.0. The van der Waals surface area contributed by atoms with Crippen LogP contribution >= 0.6 is 0 Å². The number of aromatic nitrogens is 2. The lowest BCUT2D eigenvalue weighted by Crippen LogP contribution is -2.14. The predicted molar refractivity (Wildman–Crippen MR) is 224 cm³/mol. The second kappa shape index (κ2) is 11.6. The van der Waals surface area contributed by atoms with E-state index in [-0.39, 0.29) is 5.41 Å². The Labute approximate surface area is 313 Å². The lowest BCUT2D eigenvalue weighted by atomic mass is 9.81. The van der Waals surface area contributed by atoms with Gasteiger partial charge in [0.15, 0.2) is 5.82 Å². The molecular formula is C51H34N2O.